The predicted molar refractivity (Wildman–Crippen MR) is 64.7 cm³/mol. The van der Waals surface area contributed by atoms with Crippen molar-refractivity contribution in [3.05, 3.63) is 12.1 Å². The second-order valence-corrected chi connectivity index (χ2v) is 4.42. The largest absolute Gasteiger partial charge is 0.420 e. The Morgan fingerprint density at radius 3 is 3.06 bits per heavy atom. The van der Waals surface area contributed by atoms with E-state index in [9.17, 15) is 0 Å². The van der Waals surface area contributed by atoms with Crippen LogP contribution in [0.4, 0.5) is 0 Å². The lowest BCUT2D eigenvalue weighted by Crippen LogP contribution is -2.16. The first kappa shape index (κ1) is 12.1. The van der Waals surface area contributed by atoms with E-state index in [-0.39, 0.29) is 0 Å². The normalized spacial score (nSPS) is 10.9. The molecule has 0 saturated carbocycles. The van der Waals surface area contributed by atoms with Crippen LogP contribution >= 0.6 is 11.5 Å². The third kappa shape index (κ3) is 3.57. The Morgan fingerprint density at radius 2 is 2.29 bits per heavy atom. The topological polar surface area (TPSA) is 76.7 Å². The van der Waals surface area contributed by atoms with Gasteiger partial charge in [-0.05, 0) is 37.5 Å². The van der Waals surface area contributed by atoms with E-state index in [1.165, 1.54) is 11.5 Å². The molecule has 2 aromatic heterocycles. The molecular weight excluding hydrogens is 238 g/mol. The summed E-state index contributed by atoms with van der Waals surface area (Å²) in [5, 5.41) is 15.0. The van der Waals surface area contributed by atoms with E-state index >= 15 is 0 Å². The molecule has 7 heteroatoms. The van der Waals surface area contributed by atoms with Gasteiger partial charge in [-0.3, -0.25) is 0 Å². The molecule has 0 aliphatic heterocycles. The van der Waals surface area contributed by atoms with Gasteiger partial charge in [-0.15, -0.1) is 15.3 Å². The quantitative estimate of drug-likeness (QED) is 0.754. The van der Waals surface area contributed by atoms with E-state index in [0.717, 1.165) is 37.2 Å². The predicted octanol–water partition coefficient (Wildman–Crippen LogP) is 1.52. The van der Waals surface area contributed by atoms with Gasteiger partial charge in [0.25, 0.3) is 5.89 Å². The van der Waals surface area contributed by atoms with Gasteiger partial charge >= 0.3 is 0 Å². The van der Waals surface area contributed by atoms with Crippen LogP contribution in [0.3, 0.4) is 0 Å². The lowest BCUT2D eigenvalue weighted by molar-refractivity contribution is 0.492. The molecule has 2 aromatic rings. The summed E-state index contributed by atoms with van der Waals surface area (Å²) in [6.45, 7) is 4.19. The standard InChI is InChI=1S/C10H15N5OS/c1-2-5-11-6-3-4-9-13-14-10(16-9)8-7-12-15-17-8/h7,11H,2-6H2,1H3. The number of aromatic nitrogens is 4. The molecule has 0 bridgehead atoms. The Kier molecular flexibility index (Phi) is 4.57. The minimum absolute atomic E-state index is 0.511. The maximum absolute atomic E-state index is 5.51. The van der Waals surface area contributed by atoms with Crippen LogP contribution in [0, 0.1) is 0 Å². The summed E-state index contributed by atoms with van der Waals surface area (Å²) < 4.78 is 9.27. The monoisotopic (exact) mass is 253 g/mol. The number of nitrogens with one attached hydrogen (secondary N) is 1. The minimum atomic E-state index is 0.511. The molecule has 0 atom stereocenters. The molecule has 2 heterocycles. The summed E-state index contributed by atoms with van der Waals surface area (Å²) in [6, 6.07) is 0. The van der Waals surface area contributed by atoms with Crippen molar-refractivity contribution < 1.29 is 4.42 Å². The fourth-order valence-corrected chi connectivity index (χ4v) is 1.82. The highest BCUT2D eigenvalue weighted by Gasteiger charge is 2.09. The Morgan fingerprint density at radius 1 is 1.35 bits per heavy atom. The van der Waals surface area contributed by atoms with E-state index in [0.29, 0.717) is 11.8 Å². The van der Waals surface area contributed by atoms with Crippen molar-refractivity contribution in [3.63, 3.8) is 0 Å². The molecule has 1 N–H and O–H groups in total. The van der Waals surface area contributed by atoms with Crippen LogP contribution in [0.15, 0.2) is 10.6 Å². The Labute approximate surface area is 104 Å². The Balaban J connectivity index is 1.79. The van der Waals surface area contributed by atoms with Crippen LogP contribution in [0.2, 0.25) is 0 Å². The summed E-state index contributed by atoms with van der Waals surface area (Å²) in [5.41, 5.74) is 0. The van der Waals surface area contributed by atoms with E-state index in [2.05, 4.69) is 32.0 Å². The second-order valence-electron chi connectivity index (χ2n) is 3.64. The molecule has 0 spiro atoms. The van der Waals surface area contributed by atoms with Gasteiger partial charge in [-0.25, -0.2) is 0 Å². The highest BCUT2D eigenvalue weighted by Crippen LogP contribution is 2.19. The molecular formula is C10H15N5OS. The zero-order chi connectivity index (χ0) is 11.9. The SMILES string of the molecule is CCCNCCCc1nnc(-c2cnns2)o1. The van der Waals surface area contributed by atoms with Crippen LogP contribution in [-0.4, -0.2) is 32.9 Å². The first-order chi connectivity index (χ1) is 8.40. The van der Waals surface area contributed by atoms with Crippen molar-refractivity contribution in [2.45, 2.75) is 26.2 Å². The van der Waals surface area contributed by atoms with E-state index < -0.39 is 0 Å². The van der Waals surface area contributed by atoms with Gasteiger partial charge in [0.15, 0.2) is 0 Å². The Hall–Kier alpha value is -1.34. The van der Waals surface area contributed by atoms with Gasteiger partial charge in [-0.1, -0.05) is 11.4 Å². The maximum atomic E-state index is 5.51. The number of rotatable bonds is 7. The minimum Gasteiger partial charge on any atom is -0.420 e. The molecule has 0 unspecified atom stereocenters. The smallest absolute Gasteiger partial charge is 0.261 e. The molecule has 6 nitrogen and oxygen atoms in total. The zero-order valence-corrected chi connectivity index (χ0v) is 10.5. The molecule has 0 saturated heterocycles. The van der Waals surface area contributed by atoms with E-state index in [1.807, 2.05) is 0 Å². The van der Waals surface area contributed by atoms with E-state index in [1.54, 1.807) is 6.20 Å². The molecule has 0 radical (unpaired) electrons. The van der Waals surface area contributed by atoms with Crippen LogP contribution < -0.4 is 5.32 Å². The molecule has 0 aromatic carbocycles. The lowest BCUT2D eigenvalue weighted by Gasteiger charge is -1.99. The average molecular weight is 253 g/mol. The molecule has 17 heavy (non-hydrogen) atoms. The highest BCUT2D eigenvalue weighted by atomic mass is 32.1. The first-order valence-electron chi connectivity index (χ1n) is 5.71. The number of nitrogens with zero attached hydrogens (tertiary/aromatic N) is 4. The summed E-state index contributed by atoms with van der Waals surface area (Å²) in [7, 11) is 0. The van der Waals surface area contributed by atoms with E-state index in [4.69, 9.17) is 4.42 Å². The molecule has 0 aliphatic carbocycles. The van der Waals surface area contributed by atoms with Crippen LogP contribution in [0.25, 0.3) is 10.8 Å². The van der Waals surface area contributed by atoms with Crippen LogP contribution in [0.5, 0.6) is 0 Å². The van der Waals surface area contributed by atoms with Gasteiger partial charge in [0.2, 0.25) is 5.89 Å². The zero-order valence-electron chi connectivity index (χ0n) is 9.72. The van der Waals surface area contributed by atoms with Gasteiger partial charge in [0, 0.05) is 6.42 Å². The van der Waals surface area contributed by atoms with Gasteiger partial charge < -0.3 is 9.73 Å². The van der Waals surface area contributed by atoms with Gasteiger partial charge in [-0.2, -0.15) is 0 Å². The lowest BCUT2D eigenvalue weighted by atomic mass is 10.3. The molecule has 0 amide bonds. The summed E-state index contributed by atoms with van der Waals surface area (Å²) >= 11 is 1.25. The highest BCUT2D eigenvalue weighted by molar-refractivity contribution is 7.09. The van der Waals surface area contributed by atoms with Crippen molar-refractivity contribution in [2.75, 3.05) is 13.1 Å². The maximum Gasteiger partial charge on any atom is 0.261 e. The summed E-state index contributed by atoms with van der Waals surface area (Å²) in [6.07, 6.45) is 4.59. The van der Waals surface area contributed by atoms with Crippen LogP contribution in [0.1, 0.15) is 25.7 Å². The van der Waals surface area contributed by atoms with Crippen LogP contribution in [-0.2, 0) is 6.42 Å². The van der Waals surface area contributed by atoms with Crippen molar-refractivity contribution in [1.82, 2.24) is 25.1 Å². The Bertz CT molecular complexity index is 428. The van der Waals surface area contributed by atoms with Crippen molar-refractivity contribution >= 4 is 11.5 Å². The third-order valence-corrected chi connectivity index (χ3v) is 2.86. The second kappa shape index (κ2) is 6.41. The fraction of sp³-hybridized carbons (Fsp3) is 0.600. The summed E-state index contributed by atoms with van der Waals surface area (Å²) in [5.74, 6) is 1.18. The first-order valence-corrected chi connectivity index (χ1v) is 6.48. The molecule has 2 rings (SSSR count). The number of hydrogen-bond acceptors (Lipinski definition) is 7. The number of aryl methyl sites for hydroxylation is 1. The third-order valence-electron chi connectivity index (χ3n) is 2.21. The van der Waals surface area contributed by atoms with Gasteiger partial charge in [0.05, 0.1) is 6.20 Å². The number of hydrogen-bond donors (Lipinski definition) is 1. The molecule has 0 aliphatic rings. The van der Waals surface area contributed by atoms with Crippen molar-refractivity contribution in [3.8, 4) is 10.8 Å². The van der Waals surface area contributed by atoms with Gasteiger partial charge in [0.1, 0.15) is 4.88 Å². The van der Waals surface area contributed by atoms with Crippen molar-refractivity contribution in [2.24, 2.45) is 0 Å². The fourth-order valence-electron chi connectivity index (χ4n) is 1.38. The molecule has 92 valence electrons. The molecule has 0 fully saturated rings. The van der Waals surface area contributed by atoms with Crippen molar-refractivity contribution in [1.29, 1.82) is 0 Å². The average Bonchev–Trinajstić information content (AvgIpc) is 2.99. The summed E-state index contributed by atoms with van der Waals surface area (Å²) in [4.78, 5) is 0.813.